The summed E-state index contributed by atoms with van der Waals surface area (Å²) in [5.74, 6) is -0.307. The van der Waals surface area contributed by atoms with Gasteiger partial charge in [-0.05, 0) is 60.7 Å². The molecule has 0 bridgehead atoms. The minimum Gasteiger partial charge on any atom is -0.494 e. The Bertz CT molecular complexity index is 961. The van der Waals surface area contributed by atoms with Crippen molar-refractivity contribution in [2.45, 2.75) is 6.92 Å². The highest BCUT2D eigenvalue weighted by atomic mass is 35.5. The van der Waals surface area contributed by atoms with Gasteiger partial charge in [0.05, 0.1) is 11.5 Å². The molecule has 1 N–H and O–H groups in total. The SMILES string of the molecule is CCOc1cccc(C=C2SC(=O)N(CC(=O)Nc3cccc(Cl)c3)C2=O)c1. The molecule has 144 valence electrons. The van der Waals surface area contributed by atoms with Crippen LogP contribution in [0.15, 0.2) is 53.4 Å². The Hall–Kier alpha value is -2.77. The molecule has 2 aromatic rings. The van der Waals surface area contributed by atoms with Crippen LogP contribution in [0.1, 0.15) is 12.5 Å². The quantitative estimate of drug-likeness (QED) is 0.706. The van der Waals surface area contributed by atoms with Crippen molar-refractivity contribution in [2.75, 3.05) is 18.5 Å². The summed E-state index contributed by atoms with van der Waals surface area (Å²) in [4.78, 5) is 38.1. The topological polar surface area (TPSA) is 75.7 Å². The number of carbonyl (C=O) groups excluding carboxylic acids is 3. The number of nitrogens with zero attached hydrogens (tertiary/aromatic N) is 1. The molecule has 0 saturated carbocycles. The minimum atomic E-state index is -0.502. The molecule has 0 unspecified atom stereocenters. The minimum absolute atomic E-state index is 0.259. The van der Waals surface area contributed by atoms with Gasteiger partial charge in [-0.2, -0.15) is 0 Å². The van der Waals surface area contributed by atoms with Gasteiger partial charge in [-0.25, -0.2) is 0 Å². The molecule has 0 radical (unpaired) electrons. The standard InChI is InChI=1S/C20H17ClN2O4S/c1-2-27-16-8-3-5-13(9-16)10-17-19(25)23(20(26)28-17)12-18(24)22-15-7-4-6-14(21)11-15/h3-11H,2,12H2,1H3,(H,22,24). The van der Waals surface area contributed by atoms with Gasteiger partial charge in [-0.15, -0.1) is 0 Å². The summed E-state index contributed by atoms with van der Waals surface area (Å²) in [5, 5.41) is 2.61. The van der Waals surface area contributed by atoms with E-state index in [-0.39, 0.29) is 11.4 Å². The Balaban J connectivity index is 1.69. The Kier molecular flexibility index (Phi) is 6.38. The van der Waals surface area contributed by atoms with E-state index in [9.17, 15) is 14.4 Å². The summed E-state index contributed by atoms with van der Waals surface area (Å²) in [6.07, 6.45) is 1.61. The van der Waals surface area contributed by atoms with Crippen LogP contribution in [0.2, 0.25) is 5.02 Å². The lowest BCUT2D eigenvalue weighted by Gasteiger charge is -2.12. The maximum atomic E-state index is 12.6. The van der Waals surface area contributed by atoms with E-state index in [4.69, 9.17) is 16.3 Å². The predicted molar refractivity (Wildman–Crippen MR) is 110 cm³/mol. The highest BCUT2D eigenvalue weighted by molar-refractivity contribution is 8.18. The average molecular weight is 417 g/mol. The average Bonchev–Trinajstić information content (AvgIpc) is 2.90. The number of hydrogen-bond acceptors (Lipinski definition) is 5. The van der Waals surface area contributed by atoms with Crippen LogP contribution in [0.4, 0.5) is 10.5 Å². The molecular weight excluding hydrogens is 400 g/mol. The van der Waals surface area contributed by atoms with Crippen molar-refractivity contribution in [2.24, 2.45) is 0 Å². The van der Waals surface area contributed by atoms with Gasteiger partial charge >= 0.3 is 0 Å². The number of ether oxygens (including phenoxy) is 1. The lowest BCUT2D eigenvalue weighted by Crippen LogP contribution is -2.36. The third kappa shape index (κ3) is 4.94. The highest BCUT2D eigenvalue weighted by Gasteiger charge is 2.36. The molecule has 2 aromatic carbocycles. The molecule has 1 aliphatic rings. The van der Waals surface area contributed by atoms with Crippen LogP contribution in [0, 0.1) is 0 Å². The van der Waals surface area contributed by atoms with Crippen LogP contribution < -0.4 is 10.1 Å². The van der Waals surface area contributed by atoms with E-state index >= 15 is 0 Å². The third-order valence-corrected chi connectivity index (χ3v) is 4.89. The Morgan fingerprint density at radius 2 is 2.00 bits per heavy atom. The van der Waals surface area contributed by atoms with E-state index in [2.05, 4.69) is 5.32 Å². The molecule has 1 aliphatic heterocycles. The number of halogens is 1. The van der Waals surface area contributed by atoms with Crippen LogP contribution in [-0.4, -0.2) is 35.1 Å². The van der Waals surface area contributed by atoms with Gasteiger partial charge in [0.1, 0.15) is 12.3 Å². The molecule has 3 rings (SSSR count). The zero-order valence-corrected chi connectivity index (χ0v) is 16.5. The first-order chi connectivity index (χ1) is 13.5. The molecule has 1 heterocycles. The molecule has 28 heavy (non-hydrogen) atoms. The van der Waals surface area contributed by atoms with Crippen molar-refractivity contribution in [3.8, 4) is 5.75 Å². The third-order valence-electron chi connectivity index (χ3n) is 3.75. The lowest BCUT2D eigenvalue weighted by atomic mass is 10.2. The summed E-state index contributed by atoms with van der Waals surface area (Å²) >= 11 is 6.69. The number of hydrogen-bond donors (Lipinski definition) is 1. The first-order valence-electron chi connectivity index (χ1n) is 8.50. The largest absolute Gasteiger partial charge is 0.494 e. The van der Waals surface area contributed by atoms with E-state index in [0.29, 0.717) is 23.1 Å². The maximum Gasteiger partial charge on any atom is 0.294 e. The van der Waals surface area contributed by atoms with Crippen LogP contribution in [-0.2, 0) is 9.59 Å². The van der Waals surface area contributed by atoms with E-state index in [1.165, 1.54) is 0 Å². The molecule has 0 aromatic heterocycles. The molecule has 6 nitrogen and oxygen atoms in total. The molecule has 1 fully saturated rings. The normalized spacial score (nSPS) is 15.2. The number of nitrogens with one attached hydrogen (secondary N) is 1. The predicted octanol–water partition coefficient (Wildman–Crippen LogP) is 4.41. The second kappa shape index (κ2) is 8.95. The van der Waals surface area contributed by atoms with Crippen molar-refractivity contribution in [3.05, 3.63) is 64.0 Å². The summed E-state index contributed by atoms with van der Waals surface area (Å²) in [6, 6.07) is 13.8. The second-order valence-electron chi connectivity index (χ2n) is 5.83. The monoisotopic (exact) mass is 416 g/mol. The van der Waals surface area contributed by atoms with E-state index < -0.39 is 17.1 Å². The van der Waals surface area contributed by atoms with Crippen LogP contribution in [0.3, 0.4) is 0 Å². The number of amides is 3. The van der Waals surface area contributed by atoms with Crippen molar-refractivity contribution < 1.29 is 19.1 Å². The molecule has 0 aliphatic carbocycles. The van der Waals surface area contributed by atoms with Gasteiger partial charge in [0, 0.05) is 10.7 Å². The molecule has 0 atom stereocenters. The van der Waals surface area contributed by atoms with Crippen molar-refractivity contribution >= 4 is 52.2 Å². The van der Waals surface area contributed by atoms with Crippen LogP contribution >= 0.6 is 23.4 Å². The molecule has 8 heteroatoms. The summed E-state index contributed by atoms with van der Waals surface area (Å²) in [5.41, 5.74) is 1.23. The zero-order chi connectivity index (χ0) is 20.1. The van der Waals surface area contributed by atoms with Crippen molar-refractivity contribution in [3.63, 3.8) is 0 Å². The number of rotatable bonds is 6. The Morgan fingerprint density at radius 3 is 2.75 bits per heavy atom. The van der Waals surface area contributed by atoms with Gasteiger partial charge in [-0.3, -0.25) is 19.3 Å². The van der Waals surface area contributed by atoms with Gasteiger partial charge in [0.2, 0.25) is 5.91 Å². The van der Waals surface area contributed by atoms with Gasteiger partial charge in [-0.1, -0.05) is 29.8 Å². The zero-order valence-electron chi connectivity index (χ0n) is 15.0. The number of imide groups is 1. The van der Waals surface area contributed by atoms with Gasteiger partial charge in [0.25, 0.3) is 11.1 Å². The summed E-state index contributed by atoms with van der Waals surface area (Å²) in [7, 11) is 0. The summed E-state index contributed by atoms with van der Waals surface area (Å²) in [6.45, 7) is 2.04. The molecule has 1 saturated heterocycles. The lowest BCUT2D eigenvalue weighted by molar-refractivity contribution is -0.127. The van der Waals surface area contributed by atoms with E-state index in [0.717, 1.165) is 22.2 Å². The smallest absolute Gasteiger partial charge is 0.294 e. The summed E-state index contributed by atoms with van der Waals surface area (Å²) < 4.78 is 5.44. The molecule has 3 amide bonds. The first kappa shape index (κ1) is 20.0. The molecular formula is C20H17ClN2O4S. The molecule has 0 spiro atoms. The second-order valence-corrected chi connectivity index (χ2v) is 7.26. The van der Waals surface area contributed by atoms with Crippen LogP contribution in [0.25, 0.3) is 6.08 Å². The van der Waals surface area contributed by atoms with E-state index in [1.807, 2.05) is 19.1 Å². The van der Waals surface area contributed by atoms with Gasteiger partial charge in [0.15, 0.2) is 0 Å². The fraction of sp³-hybridized carbons (Fsp3) is 0.150. The van der Waals surface area contributed by atoms with E-state index in [1.54, 1.807) is 42.5 Å². The van der Waals surface area contributed by atoms with Crippen molar-refractivity contribution in [1.82, 2.24) is 4.90 Å². The van der Waals surface area contributed by atoms with Gasteiger partial charge < -0.3 is 10.1 Å². The highest BCUT2D eigenvalue weighted by Crippen LogP contribution is 2.32. The van der Waals surface area contributed by atoms with Crippen molar-refractivity contribution in [1.29, 1.82) is 0 Å². The number of carbonyl (C=O) groups is 3. The first-order valence-corrected chi connectivity index (χ1v) is 9.69. The maximum absolute atomic E-state index is 12.6. The number of thioether (sulfide) groups is 1. The Morgan fingerprint density at radius 1 is 1.21 bits per heavy atom. The number of anilines is 1. The van der Waals surface area contributed by atoms with Crippen LogP contribution in [0.5, 0.6) is 5.75 Å². The fourth-order valence-electron chi connectivity index (χ4n) is 2.56. The number of benzene rings is 2. The fourth-order valence-corrected chi connectivity index (χ4v) is 3.59. The Labute approximate surface area is 171 Å².